The van der Waals surface area contributed by atoms with Crippen LogP contribution in [0.1, 0.15) is 10.5 Å². The summed E-state index contributed by atoms with van der Waals surface area (Å²) in [5.41, 5.74) is 9.46. The molecule has 1 saturated heterocycles. The van der Waals surface area contributed by atoms with E-state index in [1.807, 2.05) is 24.3 Å². The van der Waals surface area contributed by atoms with Crippen LogP contribution in [0.25, 0.3) is 32.7 Å². The van der Waals surface area contributed by atoms with Crippen LogP contribution >= 0.6 is 11.3 Å². The number of thiazole rings is 1. The van der Waals surface area contributed by atoms with Gasteiger partial charge in [0.2, 0.25) is 0 Å². The molecule has 9 heteroatoms. The van der Waals surface area contributed by atoms with Gasteiger partial charge in [-0.1, -0.05) is 11.3 Å². The van der Waals surface area contributed by atoms with Crippen molar-refractivity contribution in [2.24, 2.45) is 5.73 Å². The monoisotopic (exact) mass is 418 g/mol. The number of primary amides is 1. The summed E-state index contributed by atoms with van der Waals surface area (Å²) in [6.45, 7) is 3.10. The van der Waals surface area contributed by atoms with Crippen molar-refractivity contribution in [1.82, 2.24) is 19.9 Å². The zero-order chi connectivity index (χ0) is 20.5. The molecule has 8 nitrogen and oxygen atoms in total. The smallest absolute Gasteiger partial charge is 0.267 e. The van der Waals surface area contributed by atoms with Gasteiger partial charge in [0.25, 0.3) is 5.91 Å². The fourth-order valence-corrected chi connectivity index (χ4v) is 4.41. The predicted octanol–water partition coefficient (Wildman–Crippen LogP) is 2.75. The summed E-state index contributed by atoms with van der Waals surface area (Å²) in [4.78, 5) is 31.9. The second-order valence-corrected chi connectivity index (χ2v) is 7.84. The summed E-state index contributed by atoms with van der Waals surface area (Å²) in [7, 11) is 0. The first-order valence-corrected chi connectivity index (χ1v) is 10.3. The maximum absolute atomic E-state index is 11.7. The fraction of sp³-hybridized carbons (Fsp3) is 0.190. The Morgan fingerprint density at radius 3 is 2.77 bits per heavy atom. The van der Waals surface area contributed by atoms with Gasteiger partial charge in [0.15, 0.2) is 5.13 Å². The van der Waals surface area contributed by atoms with Crippen molar-refractivity contribution < 1.29 is 9.53 Å². The SMILES string of the molecule is NC(=O)c1ccc(-c2cc3sc(N4CCOCC4)nc3cn2)c(-c2cccnc2)n1. The van der Waals surface area contributed by atoms with Gasteiger partial charge in [-0.25, -0.2) is 9.97 Å². The number of aromatic nitrogens is 4. The first-order chi connectivity index (χ1) is 14.7. The van der Waals surface area contributed by atoms with Gasteiger partial charge < -0.3 is 15.4 Å². The van der Waals surface area contributed by atoms with Crippen molar-refractivity contribution in [1.29, 1.82) is 0 Å². The lowest BCUT2D eigenvalue weighted by Crippen LogP contribution is -2.36. The highest BCUT2D eigenvalue weighted by molar-refractivity contribution is 7.22. The van der Waals surface area contributed by atoms with Crippen LogP contribution in [0.4, 0.5) is 5.13 Å². The number of nitrogens with two attached hydrogens (primary N) is 1. The average molecular weight is 418 g/mol. The standard InChI is InChI=1S/C21H18N6O2S/c22-20(28)15-4-3-14(19(25-15)13-2-1-5-23-11-13)16-10-18-17(12-24-16)26-21(30-18)27-6-8-29-9-7-27/h1-5,10-12H,6-9H2,(H2,22,28). The van der Waals surface area contributed by atoms with Gasteiger partial charge >= 0.3 is 0 Å². The van der Waals surface area contributed by atoms with Gasteiger partial charge in [-0.2, -0.15) is 0 Å². The number of rotatable bonds is 4. The van der Waals surface area contributed by atoms with Gasteiger partial charge in [0, 0.05) is 36.6 Å². The molecule has 4 aromatic rings. The van der Waals surface area contributed by atoms with Crippen molar-refractivity contribution >= 4 is 32.6 Å². The number of amides is 1. The van der Waals surface area contributed by atoms with E-state index in [-0.39, 0.29) is 5.69 Å². The Bertz CT molecular complexity index is 1220. The van der Waals surface area contributed by atoms with Crippen molar-refractivity contribution in [2.45, 2.75) is 0 Å². The summed E-state index contributed by atoms with van der Waals surface area (Å²) in [6.07, 6.45) is 5.17. The molecule has 30 heavy (non-hydrogen) atoms. The van der Waals surface area contributed by atoms with Crippen molar-refractivity contribution in [3.05, 3.63) is 54.6 Å². The zero-order valence-electron chi connectivity index (χ0n) is 16.0. The Kier molecular flexibility index (Phi) is 4.82. The zero-order valence-corrected chi connectivity index (χ0v) is 16.8. The number of anilines is 1. The molecule has 0 saturated carbocycles. The second-order valence-electron chi connectivity index (χ2n) is 6.83. The highest BCUT2D eigenvalue weighted by atomic mass is 32.1. The highest BCUT2D eigenvalue weighted by Crippen LogP contribution is 2.34. The van der Waals surface area contributed by atoms with Crippen LogP contribution in [-0.4, -0.2) is 52.1 Å². The van der Waals surface area contributed by atoms with Crippen LogP contribution in [-0.2, 0) is 4.74 Å². The van der Waals surface area contributed by atoms with Crippen LogP contribution in [0.3, 0.4) is 0 Å². The number of hydrogen-bond acceptors (Lipinski definition) is 8. The van der Waals surface area contributed by atoms with E-state index in [9.17, 15) is 4.79 Å². The Hall–Kier alpha value is -3.43. The number of pyridine rings is 3. The number of hydrogen-bond donors (Lipinski definition) is 1. The number of ether oxygens (including phenoxy) is 1. The van der Waals surface area contributed by atoms with Crippen molar-refractivity contribution in [3.8, 4) is 22.5 Å². The van der Waals surface area contributed by atoms with Crippen LogP contribution < -0.4 is 10.6 Å². The van der Waals surface area contributed by atoms with Gasteiger partial charge in [-0.3, -0.25) is 14.8 Å². The molecule has 0 spiro atoms. The lowest BCUT2D eigenvalue weighted by molar-refractivity contribution is 0.0995. The topological polar surface area (TPSA) is 107 Å². The van der Waals surface area contributed by atoms with Gasteiger partial charge in [0.1, 0.15) is 11.2 Å². The van der Waals surface area contributed by atoms with Crippen LogP contribution in [0, 0.1) is 0 Å². The molecular weight excluding hydrogens is 400 g/mol. The summed E-state index contributed by atoms with van der Waals surface area (Å²) < 4.78 is 6.47. The molecule has 150 valence electrons. The van der Waals surface area contributed by atoms with Gasteiger partial charge in [-0.15, -0.1) is 0 Å². The predicted molar refractivity (Wildman–Crippen MR) is 115 cm³/mol. The third kappa shape index (κ3) is 3.49. The number of morpholine rings is 1. The average Bonchev–Trinajstić information content (AvgIpc) is 3.23. The number of nitrogens with zero attached hydrogens (tertiary/aromatic N) is 5. The minimum atomic E-state index is -0.576. The van der Waals surface area contributed by atoms with E-state index in [1.54, 1.807) is 36.0 Å². The highest BCUT2D eigenvalue weighted by Gasteiger charge is 2.18. The molecular formula is C21H18N6O2S. The number of fused-ring (bicyclic) bond motifs is 1. The van der Waals surface area contributed by atoms with E-state index in [0.717, 1.165) is 45.3 Å². The molecule has 0 atom stereocenters. The third-order valence-electron chi connectivity index (χ3n) is 4.90. The normalized spacial score (nSPS) is 14.2. The third-order valence-corrected chi connectivity index (χ3v) is 5.98. The van der Waals surface area contributed by atoms with Crippen LogP contribution in [0.2, 0.25) is 0 Å². The Balaban J connectivity index is 1.60. The Morgan fingerprint density at radius 1 is 1.13 bits per heavy atom. The minimum absolute atomic E-state index is 0.200. The lowest BCUT2D eigenvalue weighted by atomic mass is 10.0. The molecule has 0 unspecified atom stereocenters. The van der Waals surface area contributed by atoms with Gasteiger partial charge in [-0.05, 0) is 30.3 Å². The molecule has 1 aliphatic rings. The first kappa shape index (κ1) is 18.6. The second kappa shape index (κ2) is 7.77. The molecule has 0 aromatic carbocycles. The number of carbonyl (C=O) groups is 1. The Morgan fingerprint density at radius 2 is 2.00 bits per heavy atom. The molecule has 5 heterocycles. The van der Waals surface area contributed by atoms with E-state index in [1.165, 1.54) is 0 Å². The quantitative estimate of drug-likeness (QED) is 0.543. The maximum Gasteiger partial charge on any atom is 0.267 e. The van der Waals surface area contributed by atoms with Crippen LogP contribution in [0.15, 0.2) is 48.9 Å². The van der Waals surface area contributed by atoms with E-state index < -0.39 is 5.91 Å². The van der Waals surface area contributed by atoms with Crippen molar-refractivity contribution in [3.63, 3.8) is 0 Å². The maximum atomic E-state index is 11.7. The fourth-order valence-electron chi connectivity index (χ4n) is 3.38. The minimum Gasteiger partial charge on any atom is -0.378 e. The van der Waals surface area contributed by atoms with Crippen molar-refractivity contribution in [2.75, 3.05) is 31.2 Å². The molecule has 5 rings (SSSR count). The van der Waals surface area contributed by atoms with E-state index in [4.69, 9.17) is 15.5 Å². The van der Waals surface area contributed by atoms with E-state index >= 15 is 0 Å². The molecule has 0 aliphatic carbocycles. The largest absolute Gasteiger partial charge is 0.378 e. The number of carbonyl (C=O) groups excluding carboxylic acids is 1. The first-order valence-electron chi connectivity index (χ1n) is 9.50. The molecule has 1 fully saturated rings. The summed E-state index contributed by atoms with van der Waals surface area (Å²) in [5, 5.41) is 0.974. The summed E-state index contributed by atoms with van der Waals surface area (Å²) >= 11 is 1.63. The van der Waals surface area contributed by atoms with E-state index in [2.05, 4.69) is 19.9 Å². The molecule has 0 radical (unpaired) electrons. The molecule has 0 bridgehead atoms. The Labute approximate surface area is 176 Å². The van der Waals surface area contributed by atoms with Gasteiger partial charge in [0.05, 0.1) is 35.5 Å². The van der Waals surface area contributed by atoms with Crippen LogP contribution in [0.5, 0.6) is 0 Å². The summed E-state index contributed by atoms with van der Waals surface area (Å²) in [5.74, 6) is -0.576. The van der Waals surface area contributed by atoms with E-state index in [0.29, 0.717) is 18.9 Å². The lowest BCUT2D eigenvalue weighted by Gasteiger charge is -2.25. The molecule has 1 amide bonds. The molecule has 2 N–H and O–H groups in total. The molecule has 4 aromatic heterocycles. The molecule has 1 aliphatic heterocycles. The summed E-state index contributed by atoms with van der Waals surface area (Å²) in [6, 6.07) is 9.18.